The SMILES string of the molecule is CC(C)CC(NC(=O)c1ccc(Cl)cc1)C(=O)OCC(=O)NCCc1ccccc1. The number of hydrogen-bond donors (Lipinski definition) is 2. The lowest BCUT2D eigenvalue weighted by Crippen LogP contribution is -2.43. The molecule has 0 aliphatic carbocycles. The van der Waals surface area contributed by atoms with Gasteiger partial charge in [-0.3, -0.25) is 9.59 Å². The van der Waals surface area contributed by atoms with E-state index < -0.39 is 17.9 Å². The second-order valence-electron chi connectivity index (χ2n) is 7.36. The van der Waals surface area contributed by atoms with Crippen LogP contribution in [0.15, 0.2) is 54.6 Å². The van der Waals surface area contributed by atoms with Crippen LogP contribution in [-0.2, 0) is 20.7 Å². The number of carbonyl (C=O) groups excluding carboxylic acids is 3. The average Bonchev–Trinajstić information content (AvgIpc) is 2.72. The van der Waals surface area contributed by atoms with E-state index in [9.17, 15) is 14.4 Å². The summed E-state index contributed by atoms with van der Waals surface area (Å²) < 4.78 is 5.14. The van der Waals surface area contributed by atoms with Gasteiger partial charge in [0.25, 0.3) is 11.8 Å². The fourth-order valence-electron chi connectivity index (χ4n) is 2.81. The summed E-state index contributed by atoms with van der Waals surface area (Å²) in [4.78, 5) is 36.9. The highest BCUT2D eigenvalue weighted by molar-refractivity contribution is 6.30. The number of amides is 2. The monoisotopic (exact) mass is 430 g/mol. The maximum atomic E-state index is 12.5. The van der Waals surface area contributed by atoms with Gasteiger partial charge < -0.3 is 15.4 Å². The van der Waals surface area contributed by atoms with Crippen LogP contribution in [0, 0.1) is 5.92 Å². The van der Waals surface area contributed by atoms with Crippen LogP contribution in [0.25, 0.3) is 0 Å². The predicted octanol–water partition coefficient (Wildman–Crippen LogP) is 3.39. The van der Waals surface area contributed by atoms with Gasteiger partial charge in [0.05, 0.1) is 0 Å². The molecule has 160 valence electrons. The molecule has 0 fully saturated rings. The fraction of sp³-hybridized carbons (Fsp3) is 0.348. The van der Waals surface area contributed by atoms with Crippen LogP contribution >= 0.6 is 11.6 Å². The second kappa shape index (κ2) is 12.0. The summed E-state index contributed by atoms with van der Waals surface area (Å²) in [5.74, 6) is -1.27. The molecule has 0 radical (unpaired) electrons. The minimum atomic E-state index is -0.842. The largest absolute Gasteiger partial charge is 0.454 e. The van der Waals surface area contributed by atoms with Gasteiger partial charge in [0, 0.05) is 17.1 Å². The number of rotatable bonds is 10. The zero-order valence-electron chi connectivity index (χ0n) is 17.2. The van der Waals surface area contributed by atoms with Crippen LogP contribution in [0.1, 0.15) is 36.2 Å². The highest BCUT2D eigenvalue weighted by Crippen LogP contribution is 2.11. The molecule has 2 N–H and O–H groups in total. The zero-order chi connectivity index (χ0) is 21.9. The van der Waals surface area contributed by atoms with Gasteiger partial charge in [0.1, 0.15) is 6.04 Å². The van der Waals surface area contributed by atoms with Crippen molar-refractivity contribution in [3.63, 3.8) is 0 Å². The van der Waals surface area contributed by atoms with E-state index in [1.165, 1.54) is 0 Å². The maximum Gasteiger partial charge on any atom is 0.329 e. The molecule has 1 unspecified atom stereocenters. The van der Waals surface area contributed by atoms with E-state index in [4.69, 9.17) is 16.3 Å². The summed E-state index contributed by atoms with van der Waals surface area (Å²) in [6, 6.07) is 15.3. The van der Waals surface area contributed by atoms with E-state index in [0.29, 0.717) is 30.0 Å². The van der Waals surface area contributed by atoms with Crippen LogP contribution < -0.4 is 10.6 Å². The third-order valence-electron chi connectivity index (χ3n) is 4.33. The van der Waals surface area contributed by atoms with Gasteiger partial charge in [0.15, 0.2) is 6.61 Å². The van der Waals surface area contributed by atoms with Crippen LogP contribution in [0.5, 0.6) is 0 Å². The minimum absolute atomic E-state index is 0.146. The van der Waals surface area contributed by atoms with E-state index in [-0.39, 0.29) is 18.4 Å². The number of benzene rings is 2. The molecule has 0 saturated carbocycles. The molecule has 2 rings (SSSR count). The molecule has 0 aromatic heterocycles. The number of carbonyl (C=O) groups is 3. The van der Waals surface area contributed by atoms with Gasteiger partial charge in [-0.2, -0.15) is 0 Å². The Morgan fingerprint density at radius 3 is 2.30 bits per heavy atom. The predicted molar refractivity (Wildman–Crippen MR) is 116 cm³/mol. The lowest BCUT2D eigenvalue weighted by molar-refractivity contribution is -0.150. The van der Waals surface area contributed by atoms with Crippen molar-refractivity contribution in [1.29, 1.82) is 0 Å². The lowest BCUT2D eigenvalue weighted by atomic mass is 10.0. The molecule has 6 nitrogen and oxygen atoms in total. The average molecular weight is 431 g/mol. The highest BCUT2D eigenvalue weighted by Gasteiger charge is 2.24. The molecule has 2 aromatic rings. The Balaban J connectivity index is 1.82. The summed E-state index contributed by atoms with van der Waals surface area (Å²) in [5, 5.41) is 5.92. The maximum absolute atomic E-state index is 12.5. The van der Waals surface area contributed by atoms with E-state index in [0.717, 1.165) is 5.56 Å². The number of esters is 1. The molecule has 0 bridgehead atoms. The van der Waals surface area contributed by atoms with Crippen molar-refractivity contribution in [2.75, 3.05) is 13.2 Å². The summed E-state index contributed by atoms with van der Waals surface area (Å²) >= 11 is 5.84. The van der Waals surface area contributed by atoms with Gasteiger partial charge in [-0.1, -0.05) is 55.8 Å². The Morgan fingerprint density at radius 1 is 1.00 bits per heavy atom. The Hall–Kier alpha value is -2.86. The Kier molecular flexibility index (Phi) is 9.35. The zero-order valence-corrected chi connectivity index (χ0v) is 17.9. The number of hydrogen-bond acceptors (Lipinski definition) is 4. The first-order valence-corrected chi connectivity index (χ1v) is 10.3. The van der Waals surface area contributed by atoms with Crippen LogP contribution in [0.3, 0.4) is 0 Å². The van der Waals surface area contributed by atoms with Crippen molar-refractivity contribution in [1.82, 2.24) is 10.6 Å². The molecular formula is C23H27ClN2O4. The molecule has 7 heteroatoms. The number of halogens is 1. The number of nitrogens with one attached hydrogen (secondary N) is 2. The molecule has 30 heavy (non-hydrogen) atoms. The van der Waals surface area contributed by atoms with E-state index in [1.54, 1.807) is 24.3 Å². The van der Waals surface area contributed by atoms with Crippen molar-refractivity contribution in [2.24, 2.45) is 5.92 Å². The molecule has 0 saturated heterocycles. The first-order valence-electron chi connectivity index (χ1n) is 9.89. The third-order valence-corrected chi connectivity index (χ3v) is 4.58. The quantitative estimate of drug-likeness (QED) is 0.566. The summed E-state index contributed by atoms with van der Waals surface area (Å²) in [7, 11) is 0. The minimum Gasteiger partial charge on any atom is -0.454 e. The van der Waals surface area contributed by atoms with Crippen molar-refractivity contribution in [2.45, 2.75) is 32.7 Å². The van der Waals surface area contributed by atoms with Crippen molar-refractivity contribution < 1.29 is 19.1 Å². The smallest absolute Gasteiger partial charge is 0.329 e. The molecule has 0 heterocycles. The lowest BCUT2D eigenvalue weighted by Gasteiger charge is -2.19. The van der Waals surface area contributed by atoms with Crippen LogP contribution in [0.2, 0.25) is 5.02 Å². The fourth-order valence-corrected chi connectivity index (χ4v) is 2.93. The Bertz CT molecular complexity index is 838. The van der Waals surface area contributed by atoms with E-state index in [2.05, 4.69) is 10.6 Å². The third kappa shape index (κ3) is 8.25. The first kappa shape index (κ1) is 23.4. The molecule has 0 aliphatic heterocycles. The molecule has 1 atom stereocenters. The van der Waals surface area contributed by atoms with Crippen LogP contribution in [-0.4, -0.2) is 37.0 Å². The summed E-state index contributed by atoms with van der Waals surface area (Å²) in [5.41, 5.74) is 1.50. The van der Waals surface area contributed by atoms with E-state index in [1.807, 2.05) is 44.2 Å². The van der Waals surface area contributed by atoms with Crippen LogP contribution in [0.4, 0.5) is 0 Å². The molecule has 2 aromatic carbocycles. The van der Waals surface area contributed by atoms with Gasteiger partial charge in [-0.05, 0) is 48.6 Å². The van der Waals surface area contributed by atoms with Gasteiger partial charge in [-0.15, -0.1) is 0 Å². The standard InChI is InChI=1S/C23H27ClN2O4/c1-16(2)14-20(26-22(28)18-8-10-19(24)11-9-18)23(29)30-15-21(27)25-13-12-17-6-4-3-5-7-17/h3-11,16,20H,12-15H2,1-2H3,(H,25,27)(H,26,28). The molecule has 0 aliphatic rings. The van der Waals surface area contributed by atoms with Crippen molar-refractivity contribution in [3.8, 4) is 0 Å². The summed E-state index contributed by atoms with van der Waals surface area (Å²) in [6.07, 6.45) is 1.08. The van der Waals surface area contributed by atoms with E-state index >= 15 is 0 Å². The van der Waals surface area contributed by atoms with Gasteiger partial charge in [0.2, 0.25) is 0 Å². The topological polar surface area (TPSA) is 84.5 Å². The Morgan fingerprint density at radius 2 is 1.67 bits per heavy atom. The molecular weight excluding hydrogens is 404 g/mol. The second-order valence-corrected chi connectivity index (χ2v) is 7.79. The van der Waals surface area contributed by atoms with Crippen molar-refractivity contribution >= 4 is 29.4 Å². The Labute approximate surface area is 182 Å². The first-order chi connectivity index (χ1) is 14.3. The van der Waals surface area contributed by atoms with Gasteiger partial charge in [-0.25, -0.2) is 4.79 Å². The van der Waals surface area contributed by atoms with Gasteiger partial charge >= 0.3 is 5.97 Å². The number of ether oxygens (including phenoxy) is 1. The molecule has 0 spiro atoms. The molecule has 2 amide bonds. The normalized spacial score (nSPS) is 11.6. The summed E-state index contributed by atoms with van der Waals surface area (Å²) in [6.45, 7) is 3.93. The van der Waals surface area contributed by atoms with Crippen molar-refractivity contribution in [3.05, 3.63) is 70.7 Å². The highest BCUT2D eigenvalue weighted by atomic mass is 35.5.